The third-order valence-electron chi connectivity index (χ3n) is 2.36. The van der Waals surface area contributed by atoms with Crippen LogP contribution in [-0.4, -0.2) is 12.0 Å². The smallest absolute Gasteiger partial charge is 0.189 e. The van der Waals surface area contributed by atoms with Crippen LogP contribution in [0.5, 0.6) is 0 Å². The molecular formula is C11H13Br2N3. The molecule has 1 aliphatic carbocycles. The Bertz CT molecular complexity index is 414. The largest absolute Gasteiger partial charge is 0.370 e. The maximum Gasteiger partial charge on any atom is 0.189 e. The predicted octanol–water partition coefficient (Wildman–Crippen LogP) is 2.78. The summed E-state index contributed by atoms with van der Waals surface area (Å²) in [6, 6.07) is 6.58. The molecule has 0 aliphatic heterocycles. The number of hydrogen-bond donors (Lipinski definition) is 2. The zero-order valence-electron chi connectivity index (χ0n) is 8.71. The number of rotatable bonds is 3. The van der Waals surface area contributed by atoms with Crippen LogP contribution in [0.2, 0.25) is 0 Å². The number of hydrogen-bond acceptors (Lipinski definition) is 1. The van der Waals surface area contributed by atoms with Gasteiger partial charge in [-0.1, -0.05) is 31.9 Å². The summed E-state index contributed by atoms with van der Waals surface area (Å²) in [7, 11) is 0. The minimum Gasteiger partial charge on any atom is -0.370 e. The van der Waals surface area contributed by atoms with Gasteiger partial charge < -0.3 is 11.1 Å². The van der Waals surface area contributed by atoms with Crippen molar-refractivity contribution in [2.24, 2.45) is 10.7 Å². The van der Waals surface area contributed by atoms with E-state index in [2.05, 4.69) is 42.2 Å². The van der Waals surface area contributed by atoms with Crippen molar-refractivity contribution < 1.29 is 0 Å². The second-order valence-electron chi connectivity index (χ2n) is 3.86. The first-order valence-corrected chi connectivity index (χ1v) is 6.74. The van der Waals surface area contributed by atoms with Gasteiger partial charge in [-0.15, -0.1) is 0 Å². The number of aliphatic imine (C=N–C) groups is 1. The van der Waals surface area contributed by atoms with Gasteiger partial charge in [0.15, 0.2) is 5.96 Å². The Hall–Kier alpha value is -0.550. The lowest BCUT2D eigenvalue weighted by Gasteiger charge is -2.05. The third-order valence-corrected chi connectivity index (χ3v) is 3.62. The average molecular weight is 347 g/mol. The molecule has 16 heavy (non-hydrogen) atoms. The molecule has 0 atom stereocenters. The van der Waals surface area contributed by atoms with Gasteiger partial charge in [-0.05, 0) is 36.6 Å². The second-order valence-corrected chi connectivity index (χ2v) is 5.63. The zero-order valence-corrected chi connectivity index (χ0v) is 11.9. The molecule has 0 radical (unpaired) electrons. The summed E-state index contributed by atoms with van der Waals surface area (Å²) in [6.07, 6.45) is 2.41. The highest BCUT2D eigenvalue weighted by molar-refractivity contribution is 9.11. The molecule has 3 N–H and O–H groups in total. The molecule has 1 fully saturated rings. The predicted molar refractivity (Wildman–Crippen MR) is 73.3 cm³/mol. The summed E-state index contributed by atoms with van der Waals surface area (Å²) in [5, 5.41) is 3.16. The van der Waals surface area contributed by atoms with Crippen molar-refractivity contribution in [2.75, 3.05) is 0 Å². The number of guanidine groups is 1. The lowest BCUT2D eigenvalue weighted by Crippen LogP contribution is -2.33. The summed E-state index contributed by atoms with van der Waals surface area (Å²) in [5.41, 5.74) is 6.88. The van der Waals surface area contributed by atoms with Crippen LogP contribution in [0.1, 0.15) is 18.4 Å². The average Bonchev–Trinajstić information content (AvgIpc) is 3.03. The highest BCUT2D eigenvalue weighted by atomic mass is 79.9. The van der Waals surface area contributed by atoms with Crippen molar-refractivity contribution in [1.82, 2.24) is 5.32 Å². The Kier molecular flexibility index (Phi) is 3.86. The number of nitrogens with zero attached hydrogens (tertiary/aromatic N) is 1. The van der Waals surface area contributed by atoms with Crippen molar-refractivity contribution in [3.8, 4) is 0 Å². The summed E-state index contributed by atoms with van der Waals surface area (Å²) in [4.78, 5) is 4.31. The first-order chi connectivity index (χ1) is 7.65. The Balaban J connectivity index is 1.99. The number of halogens is 2. The Morgan fingerprint density at radius 1 is 1.44 bits per heavy atom. The van der Waals surface area contributed by atoms with Gasteiger partial charge in [0.2, 0.25) is 0 Å². The van der Waals surface area contributed by atoms with Crippen molar-refractivity contribution in [2.45, 2.75) is 25.4 Å². The van der Waals surface area contributed by atoms with E-state index in [-0.39, 0.29) is 0 Å². The molecule has 3 nitrogen and oxygen atoms in total. The van der Waals surface area contributed by atoms with Crippen molar-refractivity contribution in [3.63, 3.8) is 0 Å². The number of benzene rings is 1. The van der Waals surface area contributed by atoms with Gasteiger partial charge in [0.1, 0.15) is 0 Å². The SMILES string of the molecule is NC(=NCc1cc(Br)ccc1Br)NC1CC1. The van der Waals surface area contributed by atoms with E-state index < -0.39 is 0 Å². The first-order valence-electron chi connectivity index (χ1n) is 5.15. The van der Waals surface area contributed by atoms with Crippen molar-refractivity contribution in [1.29, 1.82) is 0 Å². The maximum absolute atomic E-state index is 5.76. The van der Waals surface area contributed by atoms with Crippen LogP contribution in [0.25, 0.3) is 0 Å². The Labute approximate surface area is 112 Å². The molecule has 1 aliphatic rings. The summed E-state index contributed by atoms with van der Waals surface area (Å²) in [6.45, 7) is 0.589. The summed E-state index contributed by atoms with van der Waals surface area (Å²) < 4.78 is 2.10. The van der Waals surface area contributed by atoms with E-state index in [4.69, 9.17) is 5.73 Å². The van der Waals surface area contributed by atoms with E-state index in [1.165, 1.54) is 12.8 Å². The van der Waals surface area contributed by atoms with E-state index in [0.29, 0.717) is 18.5 Å². The molecule has 1 aromatic carbocycles. The van der Waals surface area contributed by atoms with E-state index >= 15 is 0 Å². The second kappa shape index (κ2) is 5.19. The molecule has 0 aromatic heterocycles. The molecule has 86 valence electrons. The normalized spacial score (nSPS) is 16.2. The van der Waals surface area contributed by atoms with Gasteiger partial charge in [-0.25, -0.2) is 4.99 Å². The lowest BCUT2D eigenvalue weighted by molar-refractivity contribution is 0.878. The fourth-order valence-electron chi connectivity index (χ4n) is 1.32. The van der Waals surface area contributed by atoms with Gasteiger partial charge in [0.25, 0.3) is 0 Å². The standard InChI is InChI=1S/C11H13Br2N3/c12-8-1-4-10(13)7(5-8)6-15-11(14)16-9-2-3-9/h1,4-5,9H,2-3,6H2,(H3,14,15,16). The lowest BCUT2D eigenvalue weighted by atomic mass is 10.2. The summed E-state index contributed by atoms with van der Waals surface area (Å²) >= 11 is 6.93. The van der Waals surface area contributed by atoms with Gasteiger partial charge in [-0.2, -0.15) is 0 Å². The molecule has 5 heteroatoms. The molecule has 2 rings (SSSR count). The summed E-state index contributed by atoms with van der Waals surface area (Å²) in [5.74, 6) is 0.536. The minimum absolute atomic E-state index is 0.536. The molecule has 0 saturated heterocycles. The molecule has 1 aromatic rings. The molecule has 0 amide bonds. The van der Waals surface area contributed by atoms with E-state index in [9.17, 15) is 0 Å². The van der Waals surface area contributed by atoms with Crippen LogP contribution in [0.3, 0.4) is 0 Å². The van der Waals surface area contributed by atoms with Gasteiger partial charge in [0, 0.05) is 15.0 Å². The minimum atomic E-state index is 0.536. The Morgan fingerprint density at radius 3 is 2.88 bits per heavy atom. The molecule has 0 heterocycles. The number of nitrogens with two attached hydrogens (primary N) is 1. The van der Waals surface area contributed by atoms with E-state index in [0.717, 1.165) is 14.5 Å². The topological polar surface area (TPSA) is 50.4 Å². The van der Waals surface area contributed by atoms with E-state index in [1.54, 1.807) is 0 Å². The molecular weight excluding hydrogens is 334 g/mol. The fourth-order valence-corrected chi connectivity index (χ4v) is 2.10. The van der Waals surface area contributed by atoms with Crippen LogP contribution < -0.4 is 11.1 Å². The van der Waals surface area contributed by atoms with Crippen molar-refractivity contribution in [3.05, 3.63) is 32.7 Å². The monoisotopic (exact) mass is 345 g/mol. The third kappa shape index (κ3) is 3.49. The number of nitrogens with one attached hydrogen (secondary N) is 1. The Morgan fingerprint density at radius 2 is 2.19 bits per heavy atom. The van der Waals surface area contributed by atoms with Crippen LogP contribution in [-0.2, 0) is 6.54 Å². The maximum atomic E-state index is 5.76. The van der Waals surface area contributed by atoms with E-state index in [1.807, 2.05) is 18.2 Å². The fraction of sp³-hybridized carbons (Fsp3) is 0.364. The molecule has 0 bridgehead atoms. The van der Waals surface area contributed by atoms with Crippen LogP contribution >= 0.6 is 31.9 Å². The molecule has 0 unspecified atom stereocenters. The van der Waals surface area contributed by atoms with Gasteiger partial charge in [-0.3, -0.25) is 0 Å². The molecule has 0 spiro atoms. The highest BCUT2D eigenvalue weighted by Gasteiger charge is 2.21. The van der Waals surface area contributed by atoms with Gasteiger partial charge >= 0.3 is 0 Å². The quantitative estimate of drug-likeness (QED) is 0.653. The first kappa shape index (κ1) is 11.9. The van der Waals surface area contributed by atoms with Gasteiger partial charge in [0.05, 0.1) is 6.54 Å². The zero-order chi connectivity index (χ0) is 11.5. The highest BCUT2D eigenvalue weighted by Crippen LogP contribution is 2.22. The van der Waals surface area contributed by atoms with Crippen LogP contribution in [0, 0.1) is 0 Å². The van der Waals surface area contributed by atoms with Crippen molar-refractivity contribution >= 4 is 37.8 Å². The van der Waals surface area contributed by atoms with Crippen LogP contribution in [0.4, 0.5) is 0 Å². The van der Waals surface area contributed by atoms with Crippen LogP contribution in [0.15, 0.2) is 32.1 Å². The molecule has 1 saturated carbocycles.